The maximum Gasteiger partial charge on any atom is 0.374 e. The zero-order chi connectivity index (χ0) is 16.2. The number of furan rings is 1. The molecule has 2 aromatic carbocycles. The molecule has 5 heteroatoms. The van der Waals surface area contributed by atoms with Crippen molar-refractivity contribution in [2.45, 2.75) is 13.5 Å². The summed E-state index contributed by atoms with van der Waals surface area (Å²) in [6.07, 6.45) is 0. The fourth-order valence-electron chi connectivity index (χ4n) is 2.39. The van der Waals surface area contributed by atoms with E-state index in [0.717, 1.165) is 21.1 Å². The van der Waals surface area contributed by atoms with Gasteiger partial charge < -0.3 is 14.5 Å². The molecule has 1 aromatic heterocycles. The lowest BCUT2D eigenvalue weighted by Gasteiger charge is -2.07. The zero-order valence-corrected chi connectivity index (χ0v) is 14.2. The molecule has 0 aliphatic rings. The first kappa shape index (κ1) is 15.6. The number of rotatable bonds is 5. The summed E-state index contributed by atoms with van der Waals surface area (Å²) in [5, 5.41) is 4.23. The predicted molar refractivity (Wildman–Crippen MR) is 93.6 cm³/mol. The largest absolute Gasteiger partial charge is 0.460 e. The monoisotopic (exact) mass is 373 g/mol. The summed E-state index contributed by atoms with van der Waals surface area (Å²) in [6, 6.07) is 15.5. The normalized spacial score (nSPS) is 10.7. The van der Waals surface area contributed by atoms with Crippen molar-refractivity contribution in [2.24, 2.45) is 0 Å². The Hall–Kier alpha value is -2.27. The quantitative estimate of drug-likeness (QED) is 0.640. The zero-order valence-electron chi connectivity index (χ0n) is 12.6. The SMILES string of the molecule is CCOC(=O)c1oc2ccccc2c1CNc1ccc(Br)cc1. The number of halogens is 1. The van der Waals surface area contributed by atoms with Crippen LogP contribution < -0.4 is 5.32 Å². The highest BCUT2D eigenvalue weighted by Crippen LogP contribution is 2.27. The van der Waals surface area contributed by atoms with Gasteiger partial charge in [-0.05, 0) is 37.3 Å². The van der Waals surface area contributed by atoms with Crippen LogP contribution in [0.15, 0.2) is 57.4 Å². The molecule has 0 spiro atoms. The van der Waals surface area contributed by atoms with Gasteiger partial charge in [-0.15, -0.1) is 0 Å². The van der Waals surface area contributed by atoms with Crippen LogP contribution in [0.2, 0.25) is 0 Å². The smallest absolute Gasteiger partial charge is 0.374 e. The van der Waals surface area contributed by atoms with Crippen molar-refractivity contribution in [2.75, 3.05) is 11.9 Å². The van der Waals surface area contributed by atoms with E-state index in [2.05, 4.69) is 21.2 Å². The average Bonchev–Trinajstić information content (AvgIpc) is 2.93. The van der Waals surface area contributed by atoms with Gasteiger partial charge in [-0.1, -0.05) is 34.1 Å². The van der Waals surface area contributed by atoms with Crippen molar-refractivity contribution in [1.29, 1.82) is 0 Å². The van der Waals surface area contributed by atoms with Crippen molar-refractivity contribution < 1.29 is 13.9 Å². The lowest BCUT2D eigenvalue weighted by Crippen LogP contribution is -2.08. The standard InChI is InChI=1S/C18H16BrNO3/c1-2-22-18(21)17-15(14-5-3-4-6-16(14)23-17)11-20-13-9-7-12(19)8-10-13/h3-10,20H,2,11H2,1H3. The summed E-state index contributed by atoms with van der Waals surface area (Å²) in [6.45, 7) is 2.57. The van der Waals surface area contributed by atoms with Crippen molar-refractivity contribution in [3.05, 3.63) is 64.3 Å². The van der Waals surface area contributed by atoms with E-state index in [1.54, 1.807) is 6.92 Å². The first-order valence-electron chi connectivity index (χ1n) is 7.36. The number of carbonyl (C=O) groups excluding carboxylic acids is 1. The van der Waals surface area contributed by atoms with E-state index in [4.69, 9.17) is 9.15 Å². The van der Waals surface area contributed by atoms with Crippen LogP contribution in [0.3, 0.4) is 0 Å². The second kappa shape index (κ2) is 6.87. The fraction of sp³-hybridized carbons (Fsp3) is 0.167. The summed E-state index contributed by atoms with van der Waals surface area (Å²) in [5.74, 6) is -0.172. The predicted octanol–water partition coefficient (Wildman–Crippen LogP) is 4.98. The molecule has 0 aliphatic heterocycles. The maximum absolute atomic E-state index is 12.1. The molecular weight excluding hydrogens is 358 g/mol. The first-order chi connectivity index (χ1) is 11.2. The highest BCUT2D eigenvalue weighted by atomic mass is 79.9. The summed E-state index contributed by atoms with van der Waals surface area (Å²) in [5.41, 5.74) is 2.46. The fourth-order valence-corrected chi connectivity index (χ4v) is 2.66. The molecule has 1 heterocycles. The summed E-state index contributed by atoms with van der Waals surface area (Å²) in [4.78, 5) is 12.1. The molecule has 0 atom stereocenters. The van der Waals surface area contributed by atoms with Gasteiger partial charge in [-0.3, -0.25) is 0 Å². The van der Waals surface area contributed by atoms with Gasteiger partial charge in [0.15, 0.2) is 0 Å². The molecule has 0 amide bonds. The molecule has 118 valence electrons. The number of para-hydroxylation sites is 1. The molecule has 0 saturated heterocycles. The van der Waals surface area contributed by atoms with Gasteiger partial charge >= 0.3 is 5.97 Å². The lowest BCUT2D eigenvalue weighted by molar-refractivity contribution is 0.0491. The number of esters is 1. The summed E-state index contributed by atoms with van der Waals surface area (Å²) in [7, 11) is 0. The Kier molecular flexibility index (Phi) is 4.67. The Morgan fingerprint density at radius 1 is 1.17 bits per heavy atom. The number of ether oxygens (including phenoxy) is 1. The molecule has 3 aromatic rings. The second-order valence-corrected chi connectivity index (χ2v) is 5.90. The van der Waals surface area contributed by atoms with E-state index >= 15 is 0 Å². The molecule has 4 nitrogen and oxygen atoms in total. The van der Waals surface area contributed by atoms with Gasteiger partial charge in [0.05, 0.1) is 6.61 Å². The van der Waals surface area contributed by atoms with Crippen molar-refractivity contribution in [3.8, 4) is 0 Å². The maximum atomic E-state index is 12.1. The number of fused-ring (bicyclic) bond motifs is 1. The van der Waals surface area contributed by atoms with E-state index in [1.807, 2.05) is 48.5 Å². The molecule has 3 rings (SSSR count). The molecule has 0 bridgehead atoms. The minimum absolute atomic E-state index is 0.262. The van der Waals surface area contributed by atoms with E-state index in [-0.39, 0.29) is 5.76 Å². The van der Waals surface area contributed by atoms with Crippen molar-refractivity contribution >= 4 is 38.6 Å². The number of carbonyl (C=O) groups is 1. The third kappa shape index (κ3) is 3.40. The molecular formula is C18H16BrNO3. The van der Waals surface area contributed by atoms with Crippen LogP contribution in [-0.4, -0.2) is 12.6 Å². The Labute approximate surface area is 142 Å². The van der Waals surface area contributed by atoms with Crippen LogP contribution in [0.5, 0.6) is 0 Å². The number of anilines is 1. The molecule has 23 heavy (non-hydrogen) atoms. The molecule has 0 radical (unpaired) electrons. The Morgan fingerprint density at radius 2 is 1.91 bits per heavy atom. The molecule has 1 N–H and O–H groups in total. The molecule has 0 aliphatic carbocycles. The van der Waals surface area contributed by atoms with E-state index in [9.17, 15) is 4.79 Å². The van der Waals surface area contributed by atoms with Gasteiger partial charge in [0.1, 0.15) is 5.58 Å². The topological polar surface area (TPSA) is 51.5 Å². The number of benzene rings is 2. The van der Waals surface area contributed by atoms with E-state index < -0.39 is 5.97 Å². The Balaban J connectivity index is 1.92. The third-order valence-electron chi connectivity index (χ3n) is 3.47. The Bertz CT molecular complexity index is 824. The van der Waals surface area contributed by atoms with Crippen LogP contribution in [0, 0.1) is 0 Å². The highest BCUT2D eigenvalue weighted by molar-refractivity contribution is 9.10. The minimum Gasteiger partial charge on any atom is -0.460 e. The van der Waals surface area contributed by atoms with Gasteiger partial charge in [0, 0.05) is 27.7 Å². The van der Waals surface area contributed by atoms with Crippen molar-refractivity contribution in [1.82, 2.24) is 0 Å². The van der Waals surface area contributed by atoms with Gasteiger partial charge in [-0.2, -0.15) is 0 Å². The van der Waals surface area contributed by atoms with Crippen molar-refractivity contribution in [3.63, 3.8) is 0 Å². The van der Waals surface area contributed by atoms with Gasteiger partial charge in [-0.25, -0.2) is 4.79 Å². The molecule has 0 saturated carbocycles. The third-order valence-corrected chi connectivity index (χ3v) is 4.00. The first-order valence-corrected chi connectivity index (χ1v) is 8.15. The van der Waals surface area contributed by atoms with Crippen LogP contribution in [-0.2, 0) is 11.3 Å². The van der Waals surface area contributed by atoms with Crippen LogP contribution in [0.1, 0.15) is 23.0 Å². The summed E-state index contributed by atoms with van der Waals surface area (Å²) < 4.78 is 11.8. The average molecular weight is 374 g/mol. The second-order valence-electron chi connectivity index (χ2n) is 4.99. The number of hydrogen-bond donors (Lipinski definition) is 1. The molecule has 0 unspecified atom stereocenters. The van der Waals surface area contributed by atoms with Crippen LogP contribution in [0.25, 0.3) is 11.0 Å². The lowest BCUT2D eigenvalue weighted by atomic mass is 10.1. The highest BCUT2D eigenvalue weighted by Gasteiger charge is 2.21. The van der Waals surface area contributed by atoms with E-state index in [1.165, 1.54) is 0 Å². The number of hydrogen-bond acceptors (Lipinski definition) is 4. The van der Waals surface area contributed by atoms with Crippen LogP contribution >= 0.6 is 15.9 Å². The Morgan fingerprint density at radius 3 is 2.65 bits per heavy atom. The van der Waals surface area contributed by atoms with Gasteiger partial charge in [0.25, 0.3) is 0 Å². The molecule has 0 fully saturated rings. The van der Waals surface area contributed by atoms with Crippen LogP contribution in [0.4, 0.5) is 5.69 Å². The number of nitrogens with one attached hydrogen (secondary N) is 1. The summed E-state index contributed by atoms with van der Waals surface area (Å²) >= 11 is 3.41. The van der Waals surface area contributed by atoms with E-state index in [0.29, 0.717) is 18.7 Å². The minimum atomic E-state index is -0.434. The van der Waals surface area contributed by atoms with Gasteiger partial charge in [0.2, 0.25) is 5.76 Å².